The molecule has 5 heteroatoms. The van der Waals surface area contributed by atoms with E-state index in [1.165, 1.54) is 11.3 Å². The summed E-state index contributed by atoms with van der Waals surface area (Å²) in [6.45, 7) is 1.65. The summed E-state index contributed by atoms with van der Waals surface area (Å²) in [5.74, 6) is 0.132. The Bertz CT molecular complexity index is 374. The van der Waals surface area contributed by atoms with E-state index in [0.717, 1.165) is 30.1 Å². The molecular formula is C12H17ClN2OS. The summed E-state index contributed by atoms with van der Waals surface area (Å²) in [7, 11) is 0. The molecule has 1 atom stereocenters. The third-order valence-corrected chi connectivity index (χ3v) is 4.22. The van der Waals surface area contributed by atoms with Crippen molar-refractivity contribution in [3.63, 3.8) is 0 Å². The summed E-state index contributed by atoms with van der Waals surface area (Å²) in [6, 6.07) is 3.92. The average Bonchev–Trinajstić information content (AvgIpc) is 2.76. The zero-order chi connectivity index (χ0) is 12.1. The second kappa shape index (κ2) is 6.38. The number of hydrogen-bond acceptors (Lipinski definition) is 3. The lowest BCUT2D eigenvalue weighted by Crippen LogP contribution is -2.47. The van der Waals surface area contributed by atoms with Crippen molar-refractivity contribution in [1.82, 2.24) is 10.6 Å². The second-order valence-electron chi connectivity index (χ2n) is 4.25. The summed E-state index contributed by atoms with van der Waals surface area (Å²) in [6.07, 6.45) is 4.13. The van der Waals surface area contributed by atoms with E-state index in [1.807, 2.05) is 12.1 Å². The molecule has 17 heavy (non-hydrogen) atoms. The summed E-state index contributed by atoms with van der Waals surface area (Å²) >= 11 is 7.42. The highest BCUT2D eigenvalue weighted by atomic mass is 35.5. The number of piperidine rings is 1. The van der Waals surface area contributed by atoms with Crippen LogP contribution in [0.4, 0.5) is 0 Å². The Balaban J connectivity index is 1.69. The van der Waals surface area contributed by atoms with Gasteiger partial charge in [0.15, 0.2) is 0 Å². The molecule has 2 rings (SSSR count). The van der Waals surface area contributed by atoms with Gasteiger partial charge in [0.25, 0.3) is 0 Å². The van der Waals surface area contributed by atoms with Gasteiger partial charge in [0.05, 0.1) is 10.4 Å². The van der Waals surface area contributed by atoms with Crippen LogP contribution in [0.3, 0.4) is 0 Å². The van der Waals surface area contributed by atoms with Gasteiger partial charge >= 0.3 is 0 Å². The first-order chi connectivity index (χ1) is 8.25. The molecule has 2 heterocycles. The first-order valence-electron chi connectivity index (χ1n) is 6.01. The molecule has 1 saturated heterocycles. The van der Waals surface area contributed by atoms with Gasteiger partial charge in [0, 0.05) is 11.4 Å². The summed E-state index contributed by atoms with van der Waals surface area (Å²) < 4.78 is 0.806. The van der Waals surface area contributed by atoms with Crippen LogP contribution in [-0.4, -0.2) is 25.0 Å². The van der Waals surface area contributed by atoms with Gasteiger partial charge in [-0.25, -0.2) is 0 Å². The van der Waals surface area contributed by atoms with Crippen LogP contribution in [0.5, 0.6) is 0 Å². The van der Waals surface area contributed by atoms with E-state index in [4.69, 9.17) is 11.6 Å². The number of amides is 1. The van der Waals surface area contributed by atoms with Gasteiger partial charge in [0.1, 0.15) is 0 Å². The Hall–Kier alpha value is -0.580. The SMILES string of the molecule is O=C(NCCc1ccc(Cl)s1)[C@H]1CCCCN1. The minimum atomic E-state index is 0.00988. The van der Waals surface area contributed by atoms with Crippen molar-refractivity contribution < 1.29 is 4.79 Å². The standard InChI is InChI=1S/C12H17ClN2OS/c13-11-5-4-9(17-11)6-8-15-12(16)10-3-1-2-7-14-10/h4-5,10,14H,1-3,6-8H2,(H,15,16)/t10-/m1/s1. The molecule has 1 aliphatic heterocycles. The number of rotatable bonds is 4. The maximum atomic E-state index is 11.8. The predicted octanol–water partition coefficient (Wildman–Crippen LogP) is 2.20. The molecule has 0 aliphatic carbocycles. The number of carbonyl (C=O) groups is 1. The van der Waals surface area contributed by atoms with Crippen molar-refractivity contribution in [2.24, 2.45) is 0 Å². The number of nitrogens with one attached hydrogen (secondary N) is 2. The second-order valence-corrected chi connectivity index (χ2v) is 6.05. The van der Waals surface area contributed by atoms with E-state index < -0.39 is 0 Å². The Labute approximate surface area is 111 Å². The van der Waals surface area contributed by atoms with Crippen LogP contribution in [0, 0.1) is 0 Å². The Kier molecular flexibility index (Phi) is 4.83. The maximum absolute atomic E-state index is 11.8. The lowest BCUT2D eigenvalue weighted by Gasteiger charge is -2.22. The van der Waals surface area contributed by atoms with Crippen LogP contribution in [0.25, 0.3) is 0 Å². The molecule has 0 saturated carbocycles. The molecule has 94 valence electrons. The molecule has 1 aromatic heterocycles. The van der Waals surface area contributed by atoms with Crippen LogP contribution in [-0.2, 0) is 11.2 Å². The number of thiophene rings is 1. The number of carbonyl (C=O) groups excluding carboxylic acids is 1. The van der Waals surface area contributed by atoms with E-state index in [-0.39, 0.29) is 11.9 Å². The highest BCUT2D eigenvalue weighted by molar-refractivity contribution is 7.16. The largest absolute Gasteiger partial charge is 0.354 e. The van der Waals surface area contributed by atoms with Crippen molar-refractivity contribution in [3.05, 3.63) is 21.3 Å². The Morgan fingerprint density at radius 2 is 2.41 bits per heavy atom. The quantitative estimate of drug-likeness (QED) is 0.882. The summed E-state index contributed by atoms with van der Waals surface area (Å²) in [4.78, 5) is 13.0. The normalized spacial score (nSPS) is 20.2. The minimum Gasteiger partial charge on any atom is -0.354 e. The third-order valence-electron chi connectivity index (χ3n) is 2.93. The van der Waals surface area contributed by atoms with Crippen molar-refractivity contribution in [3.8, 4) is 0 Å². The van der Waals surface area contributed by atoms with Crippen LogP contribution in [0.2, 0.25) is 4.34 Å². The van der Waals surface area contributed by atoms with Crippen molar-refractivity contribution in [2.45, 2.75) is 31.7 Å². The molecular weight excluding hydrogens is 256 g/mol. The lowest BCUT2D eigenvalue weighted by atomic mass is 10.0. The average molecular weight is 273 g/mol. The fourth-order valence-corrected chi connectivity index (χ4v) is 3.08. The summed E-state index contributed by atoms with van der Waals surface area (Å²) in [5, 5.41) is 6.21. The highest BCUT2D eigenvalue weighted by Gasteiger charge is 2.19. The molecule has 1 amide bonds. The number of hydrogen-bond donors (Lipinski definition) is 2. The Morgan fingerprint density at radius 1 is 1.53 bits per heavy atom. The lowest BCUT2D eigenvalue weighted by molar-refractivity contribution is -0.123. The van der Waals surface area contributed by atoms with Gasteiger partial charge in [-0.15, -0.1) is 11.3 Å². The van der Waals surface area contributed by atoms with E-state index in [9.17, 15) is 4.79 Å². The monoisotopic (exact) mass is 272 g/mol. The molecule has 0 aromatic carbocycles. The van der Waals surface area contributed by atoms with Crippen molar-refractivity contribution >= 4 is 28.8 Å². The van der Waals surface area contributed by atoms with Crippen LogP contribution >= 0.6 is 22.9 Å². The van der Waals surface area contributed by atoms with E-state index in [1.54, 1.807) is 11.3 Å². The van der Waals surface area contributed by atoms with Crippen molar-refractivity contribution in [1.29, 1.82) is 0 Å². The Morgan fingerprint density at radius 3 is 3.06 bits per heavy atom. The third kappa shape index (κ3) is 3.98. The highest BCUT2D eigenvalue weighted by Crippen LogP contribution is 2.21. The van der Waals surface area contributed by atoms with Crippen molar-refractivity contribution in [2.75, 3.05) is 13.1 Å². The molecule has 3 nitrogen and oxygen atoms in total. The summed E-state index contributed by atoms with van der Waals surface area (Å²) in [5.41, 5.74) is 0. The topological polar surface area (TPSA) is 41.1 Å². The van der Waals surface area contributed by atoms with Gasteiger partial charge in [-0.3, -0.25) is 4.79 Å². The molecule has 0 radical (unpaired) electrons. The van der Waals surface area contributed by atoms with Gasteiger partial charge in [-0.05, 0) is 37.9 Å². The molecule has 0 unspecified atom stereocenters. The van der Waals surface area contributed by atoms with E-state index >= 15 is 0 Å². The van der Waals surface area contributed by atoms with Gasteiger partial charge < -0.3 is 10.6 Å². The number of halogens is 1. The van der Waals surface area contributed by atoms with E-state index in [0.29, 0.717) is 6.54 Å². The maximum Gasteiger partial charge on any atom is 0.237 e. The first-order valence-corrected chi connectivity index (χ1v) is 7.20. The van der Waals surface area contributed by atoms with Gasteiger partial charge in [-0.2, -0.15) is 0 Å². The zero-order valence-corrected chi connectivity index (χ0v) is 11.2. The fraction of sp³-hybridized carbons (Fsp3) is 0.583. The molecule has 1 aromatic rings. The molecule has 0 spiro atoms. The van der Waals surface area contributed by atoms with Gasteiger partial charge in [-0.1, -0.05) is 18.0 Å². The fourth-order valence-electron chi connectivity index (χ4n) is 1.99. The molecule has 1 fully saturated rings. The van der Waals surface area contributed by atoms with Crippen LogP contribution < -0.4 is 10.6 Å². The molecule has 1 aliphatic rings. The first kappa shape index (κ1) is 12.9. The van der Waals surface area contributed by atoms with Gasteiger partial charge in [0.2, 0.25) is 5.91 Å². The van der Waals surface area contributed by atoms with Crippen LogP contribution in [0.15, 0.2) is 12.1 Å². The van der Waals surface area contributed by atoms with Crippen LogP contribution in [0.1, 0.15) is 24.1 Å². The molecule has 2 N–H and O–H groups in total. The zero-order valence-electron chi connectivity index (χ0n) is 9.67. The smallest absolute Gasteiger partial charge is 0.237 e. The minimum absolute atomic E-state index is 0.00988. The molecule has 0 bridgehead atoms. The predicted molar refractivity (Wildman–Crippen MR) is 71.7 cm³/mol. The van der Waals surface area contributed by atoms with E-state index in [2.05, 4.69) is 10.6 Å².